The molecule has 2 aromatic carbocycles. The van der Waals surface area contributed by atoms with Gasteiger partial charge in [-0.15, -0.1) is 0 Å². The minimum absolute atomic E-state index is 0.183. The topological polar surface area (TPSA) is 70.2 Å². The molecule has 0 atom stereocenters. The van der Waals surface area contributed by atoms with E-state index >= 15 is 0 Å². The summed E-state index contributed by atoms with van der Waals surface area (Å²) in [7, 11) is 1.54. The van der Waals surface area contributed by atoms with Gasteiger partial charge < -0.3 is 16.0 Å². The minimum atomic E-state index is -0.308. The number of anilines is 2. The summed E-state index contributed by atoms with van der Waals surface area (Å²) in [6, 6.07) is 14.2. The second-order valence-corrected chi connectivity index (χ2v) is 5.52. The molecule has 0 aliphatic rings. The van der Waals surface area contributed by atoms with Crippen LogP contribution in [0.5, 0.6) is 0 Å². The summed E-state index contributed by atoms with van der Waals surface area (Å²) >= 11 is 0. The van der Waals surface area contributed by atoms with E-state index in [1.165, 1.54) is 5.56 Å². The molecule has 3 amide bonds. The van der Waals surface area contributed by atoms with Crippen LogP contribution in [0.1, 0.15) is 35.7 Å². The molecule has 0 radical (unpaired) electrons. The molecule has 2 rings (SSSR count). The second-order valence-electron chi connectivity index (χ2n) is 5.52. The lowest BCUT2D eigenvalue weighted by Crippen LogP contribution is -2.24. The Bertz CT molecular complexity index is 694. The van der Waals surface area contributed by atoms with Crippen molar-refractivity contribution in [1.29, 1.82) is 0 Å². The second kappa shape index (κ2) is 7.45. The number of rotatable bonds is 4. The van der Waals surface area contributed by atoms with Gasteiger partial charge in [0, 0.05) is 24.0 Å². The van der Waals surface area contributed by atoms with Crippen molar-refractivity contribution in [3.05, 3.63) is 59.7 Å². The molecule has 2 aromatic rings. The highest BCUT2D eigenvalue weighted by atomic mass is 16.2. The summed E-state index contributed by atoms with van der Waals surface area (Å²) in [5.74, 6) is 0.247. The molecule has 23 heavy (non-hydrogen) atoms. The van der Waals surface area contributed by atoms with Crippen LogP contribution in [0.25, 0.3) is 0 Å². The van der Waals surface area contributed by atoms with E-state index in [1.54, 1.807) is 31.3 Å². The van der Waals surface area contributed by atoms with Crippen molar-refractivity contribution in [2.75, 3.05) is 17.7 Å². The van der Waals surface area contributed by atoms with Crippen LogP contribution in [0.3, 0.4) is 0 Å². The minimum Gasteiger partial charge on any atom is -0.341 e. The highest BCUT2D eigenvalue weighted by molar-refractivity contribution is 6.04. The maximum atomic E-state index is 12.3. The number of urea groups is 1. The van der Waals surface area contributed by atoms with E-state index < -0.39 is 0 Å². The van der Waals surface area contributed by atoms with E-state index in [-0.39, 0.29) is 11.9 Å². The zero-order valence-corrected chi connectivity index (χ0v) is 13.5. The first-order valence-electron chi connectivity index (χ1n) is 7.49. The van der Waals surface area contributed by atoms with E-state index in [0.29, 0.717) is 22.9 Å². The Hall–Kier alpha value is -2.82. The maximum Gasteiger partial charge on any atom is 0.318 e. The molecule has 120 valence electrons. The monoisotopic (exact) mass is 311 g/mol. The largest absolute Gasteiger partial charge is 0.341 e. The van der Waals surface area contributed by atoms with E-state index in [4.69, 9.17) is 0 Å². The van der Waals surface area contributed by atoms with Crippen molar-refractivity contribution >= 4 is 23.3 Å². The first-order chi connectivity index (χ1) is 11.0. The van der Waals surface area contributed by atoms with Crippen LogP contribution in [-0.4, -0.2) is 19.0 Å². The summed E-state index contributed by atoms with van der Waals surface area (Å²) in [5, 5.41) is 7.97. The van der Waals surface area contributed by atoms with Gasteiger partial charge in [0.15, 0.2) is 0 Å². The van der Waals surface area contributed by atoms with Crippen molar-refractivity contribution in [3.8, 4) is 0 Å². The average Bonchev–Trinajstić information content (AvgIpc) is 2.55. The molecule has 0 fully saturated rings. The Morgan fingerprint density at radius 3 is 2.09 bits per heavy atom. The number of carbonyl (C=O) groups is 2. The van der Waals surface area contributed by atoms with E-state index in [1.807, 2.05) is 24.3 Å². The molecule has 0 aromatic heterocycles. The van der Waals surface area contributed by atoms with Crippen LogP contribution in [0.4, 0.5) is 16.2 Å². The molecule has 0 spiro atoms. The van der Waals surface area contributed by atoms with Gasteiger partial charge in [-0.2, -0.15) is 0 Å². The quantitative estimate of drug-likeness (QED) is 0.803. The number of benzene rings is 2. The Kier molecular flexibility index (Phi) is 5.36. The molecule has 5 nitrogen and oxygen atoms in total. The summed E-state index contributed by atoms with van der Waals surface area (Å²) in [6.45, 7) is 4.22. The molecule has 0 bridgehead atoms. The van der Waals surface area contributed by atoms with Gasteiger partial charge in [0.05, 0.1) is 0 Å². The molecular weight excluding hydrogens is 290 g/mol. The molecule has 0 saturated heterocycles. The number of nitrogens with one attached hydrogen (secondary N) is 3. The van der Waals surface area contributed by atoms with Crippen molar-refractivity contribution in [1.82, 2.24) is 5.32 Å². The summed E-state index contributed by atoms with van der Waals surface area (Å²) in [6.07, 6.45) is 0. The Morgan fingerprint density at radius 2 is 1.52 bits per heavy atom. The molecule has 0 heterocycles. The lowest BCUT2D eigenvalue weighted by atomic mass is 10.0. The Morgan fingerprint density at radius 1 is 0.913 bits per heavy atom. The van der Waals surface area contributed by atoms with E-state index in [0.717, 1.165) is 0 Å². The Balaban J connectivity index is 2.07. The van der Waals surface area contributed by atoms with Gasteiger partial charge in [-0.3, -0.25) is 4.79 Å². The summed E-state index contributed by atoms with van der Waals surface area (Å²) < 4.78 is 0. The van der Waals surface area contributed by atoms with Gasteiger partial charge in [0.1, 0.15) is 0 Å². The third-order valence-electron chi connectivity index (χ3n) is 3.44. The third-order valence-corrected chi connectivity index (χ3v) is 3.44. The highest BCUT2D eigenvalue weighted by Gasteiger charge is 2.08. The lowest BCUT2D eigenvalue weighted by Gasteiger charge is -2.10. The number of hydrogen-bond donors (Lipinski definition) is 3. The van der Waals surface area contributed by atoms with Crippen molar-refractivity contribution in [2.24, 2.45) is 0 Å². The number of carbonyl (C=O) groups excluding carboxylic acids is 2. The van der Waals surface area contributed by atoms with Crippen molar-refractivity contribution < 1.29 is 9.59 Å². The Labute approximate surface area is 136 Å². The number of hydrogen-bond acceptors (Lipinski definition) is 2. The molecule has 0 unspecified atom stereocenters. The zero-order chi connectivity index (χ0) is 16.8. The molecule has 3 N–H and O–H groups in total. The first-order valence-corrected chi connectivity index (χ1v) is 7.49. The highest BCUT2D eigenvalue weighted by Crippen LogP contribution is 2.18. The molecule has 0 aliphatic carbocycles. The van der Waals surface area contributed by atoms with E-state index in [2.05, 4.69) is 29.8 Å². The fourth-order valence-corrected chi connectivity index (χ4v) is 2.09. The average molecular weight is 311 g/mol. The summed E-state index contributed by atoms with van der Waals surface area (Å²) in [4.78, 5) is 23.6. The SMILES string of the molecule is CNC(=O)Nc1cccc(NC(=O)c2ccc(C(C)C)cc2)c1. The van der Waals surface area contributed by atoms with Crippen LogP contribution in [-0.2, 0) is 0 Å². The lowest BCUT2D eigenvalue weighted by molar-refractivity contribution is 0.102. The summed E-state index contributed by atoms with van der Waals surface area (Å²) in [5.41, 5.74) is 3.02. The van der Waals surface area contributed by atoms with Crippen LogP contribution >= 0.6 is 0 Å². The third kappa shape index (κ3) is 4.57. The van der Waals surface area contributed by atoms with Crippen LogP contribution in [0, 0.1) is 0 Å². The van der Waals surface area contributed by atoms with Gasteiger partial charge in [0.2, 0.25) is 0 Å². The molecule has 0 saturated carbocycles. The predicted molar refractivity (Wildman–Crippen MR) is 93.0 cm³/mol. The van der Waals surface area contributed by atoms with Crippen LogP contribution in [0.2, 0.25) is 0 Å². The van der Waals surface area contributed by atoms with Crippen LogP contribution in [0.15, 0.2) is 48.5 Å². The smallest absolute Gasteiger partial charge is 0.318 e. The maximum absolute atomic E-state index is 12.3. The predicted octanol–water partition coefficient (Wildman–Crippen LogP) is 3.81. The first kappa shape index (κ1) is 16.5. The fourth-order valence-electron chi connectivity index (χ4n) is 2.09. The van der Waals surface area contributed by atoms with Crippen LogP contribution < -0.4 is 16.0 Å². The fraction of sp³-hybridized carbons (Fsp3) is 0.222. The molecule has 5 heteroatoms. The van der Waals surface area contributed by atoms with Gasteiger partial charge in [0.25, 0.3) is 5.91 Å². The standard InChI is InChI=1S/C18H21N3O2/c1-12(2)13-7-9-14(10-8-13)17(22)20-15-5-4-6-16(11-15)21-18(23)19-3/h4-12H,1-3H3,(H,20,22)(H2,19,21,23). The molecule has 0 aliphatic heterocycles. The normalized spacial score (nSPS) is 10.3. The number of amides is 3. The van der Waals surface area contributed by atoms with Gasteiger partial charge >= 0.3 is 6.03 Å². The van der Waals surface area contributed by atoms with Gasteiger partial charge in [-0.05, 0) is 41.8 Å². The zero-order valence-electron chi connectivity index (χ0n) is 13.5. The van der Waals surface area contributed by atoms with Gasteiger partial charge in [-0.1, -0.05) is 32.0 Å². The van der Waals surface area contributed by atoms with Crippen molar-refractivity contribution in [2.45, 2.75) is 19.8 Å². The van der Waals surface area contributed by atoms with Gasteiger partial charge in [-0.25, -0.2) is 4.79 Å². The van der Waals surface area contributed by atoms with Crippen molar-refractivity contribution in [3.63, 3.8) is 0 Å². The van der Waals surface area contributed by atoms with E-state index in [9.17, 15) is 9.59 Å². The molecular formula is C18H21N3O2.